The summed E-state index contributed by atoms with van der Waals surface area (Å²) in [5, 5.41) is 7.54. The fourth-order valence-electron chi connectivity index (χ4n) is 1.69. The molecular formula is C13H18BrN5. The summed E-state index contributed by atoms with van der Waals surface area (Å²) in [6.45, 7) is 6.92. The Labute approximate surface area is 121 Å². The lowest BCUT2D eigenvalue weighted by Crippen LogP contribution is -2.06. The SMILES string of the molecule is Cc1c(CNc2cc(Br)nc(C(C)C)n2)cnn1C. The predicted molar refractivity (Wildman–Crippen MR) is 79.1 cm³/mol. The van der Waals surface area contributed by atoms with Crippen molar-refractivity contribution in [3.05, 3.63) is 33.9 Å². The molecule has 2 rings (SSSR count). The maximum Gasteiger partial charge on any atom is 0.134 e. The van der Waals surface area contributed by atoms with Gasteiger partial charge in [-0.2, -0.15) is 5.10 Å². The molecule has 2 heterocycles. The van der Waals surface area contributed by atoms with E-state index in [0.717, 1.165) is 21.9 Å². The Hall–Kier alpha value is -1.43. The number of anilines is 1. The third-order valence-electron chi connectivity index (χ3n) is 3.03. The first-order chi connectivity index (χ1) is 8.97. The molecule has 0 aliphatic rings. The highest BCUT2D eigenvalue weighted by atomic mass is 79.9. The highest BCUT2D eigenvalue weighted by molar-refractivity contribution is 9.10. The van der Waals surface area contributed by atoms with Gasteiger partial charge in [-0.15, -0.1) is 0 Å². The van der Waals surface area contributed by atoms with Crippen LogP contribution in [0.25, 0.3) is 0 Å². The second kappa shape index (κ2) is 5.69. The monoisotopic (exact) mass is 323 g/mol. The van der Waals surface area contributed by atoms with Gasteiger partial charge in [0.1, 0.15) is 16.2 Å². The zero-order chi connectivity index (χ0) is 14.0. The number of hydrogen-bond acceptors (Lipinski definition) is 4. The third kappa shape index (κ3) is 3.32. The molecule has 0 amide bonds. The van der Waals surface area contributed by atoms with Crippen LogP contribution in [0.1, 0.15) is 36.8 Å². The van der Waals surface area contributed by atoms with Crippen molar-refractivity contribution in [3.8, 4) is 0 Å². The van der Waals surface area contributed by atoms with E-state index in [2.05, 4.69) is 57.1 Å². The molecule has 0 aliphatic heterocycles. The zero-order valence-electron chi connectivity index (χ0n) is 11.6. The lowest BCUT2D eigenvalue weighted by Gasteiger charge is -2.09. The van der Waals surface area contributed by atoms with Gasteiger partial charge >= 0.3 is 0 Å². The molecule has 0 saturated carbocycles. The summed E-state index contributed by atoms with van der Waals surface area (Å²) in [5.74, 6) is 1.96. The van der Waals surface area contributed by atoms with Crippen LogP contribution in [0, 0.1) is 6.92 Å². The van der Waals surface area contributed by atoms with E-state index in [4.69, 9.17) is 0 Å². The molecule has 19 heavy (non-hydrogen) atoms. The van der Waals surface area contributed by atoms with Gasteiger partial charge in [-0.25, -0.2) is 9.97 Å². The molecule has 0 unspecified atom stereocenters. The Morgan fingerprint density at radius 1 is 1.37 bits per heavy atom. The first-order valence-electron chi connectivity index (χ1n) is 6.23. The normalized spacial score (nSPS) is 11.1. The number of nitrogens with one attached hydrogen (secondary N) is 1. The third-order valence-corrected chi connectivity index (χ3v) is 3.43. The van der Waals surface area contributed by atoms with Crippen LogP contribution < -0.4 is 5.32 Å². The molecule has 0 aromatic carbocycles. The zero-order valence-corrected chi connectivity index (χ0v) is 13.2. The average Bonchev–Trinajstić information content (AvgIpc) is 2.67. The van der Waals surface area contributed by atoms with Crippen LogP contribution in [0.2, 0.25) is 0 Å². The van der Waals surface area contributed by atoms with E-state index in [-0.39, 0.29) is 0 Å². The summed E-state index contributed by atoms with van der Waals surface area (Å²) in [6.07, 6.45) is 1.88. The number of nitrogens with zero attached hydrogens (tertiary/aromatic N) is 4. The summed E-state index contributed by atoms with van der Waals surface area (Å²) in [7, 11) is 1.94. The standard InChI is InChI=1S/C13H18BrN5/c1-8(2)13-17-11(14)5-12(18-13)15-6-10-7-16-19(4)9(10)3/h5,7-8H,6H2,1-4H3,(H,15,17,18). The minimum Gasteiger partial charge on any atom is -0.366 e. The van der Waals surface area contributed by atoms with Gasteiger partial charge in [-0.1, -0.05) is 13.8 Å². The molecular weight excluding hydrogens is 306 g/mol. The number of hydrogen-bond donors (Lipinski definition) is 1. The Morgan fingerprint density at radius 2 is 2.11 bits per heavy atom. The first kappa shape index (κ1) is 14.0. The van der Waals surface area contributed by atoms with Crippen molar-refractivity contribution in [1.82, 2.24) is 19.7 Å². The van der Waals surface area contributed by atoms with E-state index in [9.17, 15) is 0 Å². The van der Waals surface area contributed by atoms with Crippen LogP contribution in [-0.4, -0.2) is 19.7 Å². The molecule has 6 heteroatoms. The van der Waals surface area contributed by atoms with Crippen molar-refractivity contribution in [2.75, 3.05) is 5.32 Å². The van der Waals surface area contributed by atoms with Crippen LogP contribution in [0.15, 0.2) is 16.9 Å². The Kier molecular flexibility index (Phi) is 4.19. The van der Waals surface area contributed by atoms with E-state index in [1.807, 2.05) is 24.0 Å². The largest absolute Gasteiger partial charge is 0.366 e. The number of aromatic nitrogens is 4. The molecule has 0 spiro atoms. The minimum atomic E-state index is 0.304. The summed E-state index contributed by atoms with van der Waals surface area (Å²) in [5.41, 5.74) is 2.33. The lowest BCUT2D eigenvalue weighted by atomic mass is 10.2. The molecule has 0 saturated heterocycles. The summed E-state index contributed by atoms with van der Waals surface area (Å²) in [6, 6.07) is 1.89. The van der Waals surface area contributed by atoms with Gasteiger partial charge in [-0.3, -0.25) is 4.68 Å². The van der Waals surface area contributed by atoms with E-state index in [0.29, 0.717) is 12.5 Å². The van der Waals surface area contributed by atoms with Gasteiger partial charge in [0.05, 0.1) is 6.20 Å². The van der Waals surface area contributed by atoms with E-state index in [1.165, 1.54) is 5.56 Å². The molecule has 0 atom stereocenters. The molecule has 2 aromatic rings. The molecule has 1 N–H and O–H groups in total. The van der Waals surface area contributed by atoms with E-state index >= 15 is 0 Å². The summed E-state index contributed by atoms with van der Waals surface area (Å²) in [4.78, 5) is 8.86. The van der Waals surface area contributed by atoms with Gasteiger partial charge in [0.15, 0.2) is 0 Å². The van der Waals surface area contributed by atoms with Gasteiger partial charge in [0, 0.05) is 36.8 Å². The van der Waals surface area contributed by atoms with Crippen molar-refractivity contribution >= 4 is 21.7 Å². The van der Waals surface area contributed by atoms with Crippen molar-refractivity contribution in [3.63, 3.8) is 0 Å². The number of aryl methyl sites for hydroxylation is 1. The smallest absolute Gasteiger partial charge is 0.134 e. The summed E-state index contributed by atoms with van der Waals surface area (Å²) < 4.78 is 2.67. The number of halogens is 1. The van der Waals surface area contributed by atoms with Crippen LogP contribution in [0.5, 0.6) is 0 Å². The average molecular weight is 324 g/mol. The molecule has 5 nitrogen and oxygen atoms in total. The van der Waals surface area contributed by atoms with Crippen molar-refractivity contribution in [2.24, 2.45) is 7.05 Å². The van der Waals surface area contributed by atoms with Crippen LogP contribution in [-0.2, 0) is 13.6 Å². The number of rotatable bonds is 4. The molecule has 0 aliphatic carbocycles. The lowest BCUT2D eigenvalue weighted by molar-refractivity contribution is 0.738. The van der Waals surface area contributed by atoms with E-state index < -0.39 is 0 Å². The van der Waals surface area contributed by atoms with Gasteiger partial charge in [0.25, 0.3) is 0 Å². The first-order valence-corrected chi connectivity index (χ1v) is 7.02. The molecule has 2 aromatic heterocycles. The fourth-order valence-corrected chi connectivity index (χ4v) is 2.09. The van der Waals surface area contributed by atoms with E-state index in [1.54, 1.807) is 0 Å². The highest BCUT2D eigenvalue weighted by Crippen LogP contribution is 2.18. The maximum absolute atomic E-state index is 4.51. The predicted octanol–water partition coefficient (Wildman–Crippen LogP) is 3.02. The second-order valence-corrected chi connectivity index (χ2v) is 5.63. The molecule has 0 radical (unpaired) electrons. The van der Waals surface area contributed by atoms with Gasteiger partial charge < -0.3 is 5.32 Å². The van der Waals surface area contributed by atoms with Crippen LogP contribution >= 0.6 is 15.9 Å². The fraction of sp³-hybridized carbons (Fsp3) is 0.462. The van der Waals surface area contributed by atoms with Crippen molar-refractivity contribution in [1.29, 1.82) is 0 Å². The Morgan fingerprint density at radius 3 is 2.68 bits per heavy atom. The maximum atomic E-state index is 4.51. The Bertz CT molecular complexity index is 576. The quantitative estimate of drug-likeness (QED) is 0.879. The van der Waals surface area contributed by atoms with Crippen molar-refractivity contribution < 1.29 is 0 Å². The van der Waals surface area contributed by atoms with Gasteiger partial charge in [-0.05, 0) is 22.9 Å². The molecule has 0 bridgehead atoms. The highest BCUT2D eigenvalue weighted by Gasteiger charge is 2.08. The van der Waals surface area contributed by atoms with Crippen LogP contribution in [0.3, 0.4) is 0 Å². The molecule has 0 fully saturated rings. The Balaban J connectivity index is 2.13. The van der Waals surface area contributed by atoms with Crippen LogP contribution in [0.4, 0.5) is 5.82 Å². The minimum absolute atomic E-state index is 0.304. The second-order valence-electron chi connectivity index (χ2n) is 4.82. The van der Waals surface area contributed by atoms with Gasteiger partial charge in [0.2, 0.25) is 0 Å². The molecule has 102 valence electrons. The van der Waals surface area contributed by atoms with Crippen molar-refractivity contribution in [2.45, 2.75) is 33.2 Å². The topological polar surface area (TPSA) is 55.6 Å². The summed E-state index contributed by atoms with van der Waals surface area (Å²) >= 11 is 3.42.